The van der Waals surface area contributed by atoms with Gasteiger partial charge in [0, 0.05) is 13.5 Å². The van der Waals surface area contributed by atoms with Crippen LogP contribution in [0.5, 0.6) is 0 Å². The summed E-state index contributed by atoms with van der Waals surface area (Å²) in [5, 5.41) is 9.56. The number of carbonyl (C=O) groups is 1. The zero-order chi connectivity index (χ0) is 16.8. The number of rotatable bonds is 8. The molecule has 22 heavy (non-hydrogen) atoms. The number of benzene rings is 1. The Morgan fingerprint density at radius 2 is 2.05 bits per heavy atom. The number of aryl methyl sites for hydroxylation is 2. The number of amides is 1. The van der Waals surface area contributed by atoms with Gasteiger partial charge in [-0.2, -0.15) is 0 Å². The highest BCUT2D eigenvalue weighted by atomic mass is 31.2. The van der Waals surface area contributed by atoms with E-state index < -0.39 is 19.4 Å². The number of hydroxylamine groups is 2. The van der Waals surface area contributed by atoms with E-state index >= 15 is 0 Å². The lowest BCUT2D eigenvalue weighted by Crippen LogP contribution is -2.26. The second-order valence-corrected chi connectivity index (χ2v) is 7.41. The topological polar surface area (TPSA) is 98.1 Å². The summed E-state index contributed by atoms with van der Waals surface area (Å²) in [7, 11) is -2.97. The molecule has 0 unspecified atom stereocenters. The lowest BCUT2D eigenvalue weighted by molar-refractivity contribution is -0.160. The summed E-state index contributed by atoms with van der Waals surface area (Å²) in [5.74, 6) is -0.971. The summed E-state index contributed by atoms with van der Waals surface area (Å²) < 4.78 is 11.2. The molecule has 0 spiro atoms. The first kappa shape index (κ1) is 18.8. The van der Waals surface area contributed by atoms with Crippen molar-refractivity contribution in [3.63, 3.8) is 0 Å². The molecule has 1 aromatic carbocycles. The Balaban J connectivity index is 2.56. The third kappa shape index (κ3) is 7.71. The van der Waals surface area contributed by atoms with Crippen LogP contribution in [0.3, 0.4) is 0 Å². The fourth-order valence-corrected chi connectivity index (χ4v) is 3.42. The number of hydrogen-bond acceptors (Lipinski definition) is 3. The largest absolute Gasteiger partial charge is 0.325 e. The second-order valence-electron chi connectivity index (χ2n) is 5.72. The van der Waals surface area contributed by atoms with Crippen LogP contribution in [-0.2, 0) is 15.8 Å². The van der Waals surface area contributed by atoms with Gasteiger partial charge in [-0.1, -0.05) is 29.8 Å². The van der Waals surface area contributed by atoms with Gasteiger partial charge in [-0.25, -0.2) is 5.06 Å². The van der Waals surface area contributed by atoms with Crippen molar-refractivity contribution in [1.82, 2.24) is 5.06 Å². The minimum absolute atomic E-state index is 0.0636. The molecule has 0 radical (unpaired) electrons. The molecule has 0 aromatic heterocycles. The Morgan fingerprint density at radius 1 is 1.36 bits per heavy atom. The average molecular weight is 329 g/mol. The molecule has 0 aliphatic heterocycles. The average Bonchev–Trinajstić information content (AvgIpc) is 2.36. The number of carbonyl (C=O) groups excluding carboxylic acids is 1. The Hall–Kier alpha value is -1.20. The normalized spacial score (nSPS) is 13.0. The molecule has 0 fully saturated rings. The maximum absolute atomic E-state index is 11.5. The molecule has 0 saturated heterocycles. The van der Waals surface area contributed by atoms with Gasteiger partial charge < -0.3 is 9.79 Å². The van der Waals surface area contributed by atoms with E-state index in [1.807, 2.05) is 25.1 Å². The third-order valence-corrected chi connectivity index (χ3v) is 4.47. The summed E-state index contributed by atoms with van der Waals surface area (Å²) >= 11 is 0. The molecular formula is C15H24NO5P. The Kier molecular flexibility index (Phi) is 7.23. The second kappa shape index (κ2) is 8.44. The van der Waals surface area contributed by atoms with Crippen LogP contribution in [0.1, 0.15) is 30.4 Å². The van der Waals surface area contributed by atoms with Crippen molar-refractivity contribution in [2.24, 2.45) is 5.92 Å². The van der Waals surface area contributed by atoms with Crippen molar-refractivity contribution in [1.29, 1.82) is 0 Å². The molecule has 0 saturated carbocycles. The Morgan fingerprint density at radius 3 is 2.59 bits per heavy atom. The van der Waals surface area contributed by atoms with E-state index in [9.17, 15) is 9.36 Å². The molecule has 1 rings (SSSR count). The van der Waals surface area contributed by atoms with E-state index in [1.165, 1.54) is 18.2 Å². The maximum atomic E-state index is 11.5. The quantitative estimate of drug-likeness (QED) is 0.386. The molecule has 124 valence electrons. The van der Waals surface area contributed by atoms with Crippen molar-refractivity contribution < 1.29 is 24.4 Å². The van der Waals surface area contributed by atoms with E-state index in [-0.39, 0.29) is 12.6 Å². The van der Waals surface area contributed by atoms with Crippen LogP contribution >= 0.6 is 7.60 Å². The first-order valence-corrected chi connectivity index (χ1v) is 9.02. The Bertz CT molecular complexity index is 540. The van der Waals surface area contributed by atoms with Gasteiger partial charge in [0.25, 0.3) is 0 Å². The van der Waals surface area contributed by atoms with Crippen molar-refractivity contribution in [2.75, 3.05) is 13.2 Å². The Labute approximate surface area is 130 Å². The minimum Gasteiger partial charge on any atom is -0.324 e. The van der Waals surface area contributed by atoms with Gasteiger partial charge in [-0.15, -0.1) is 0 Å². The molecule has 1 aromatic rings. The number of hydrogen-bond donors (Lipinski definition) is 3. The predicted molar refractivity (Wildman–Crippen MR) is 83.7 cm³/mol. The van der Waals surface area contributed by atoms with Crippen LogP contribution in [0.25, 0.3) is 0 Å². The summed E-state index contributed by atoms with van der Waals surface area (Å²) in [4.78, 5) is 29.8. The van der Waals surface area contributed by atoms with Crippen LogP contribution in [0.4, 0.5) is 0 Å². The van der Waals surface area contributed by atoms with Crippen molar-refractivity contribution >= 4 is 13.5 Å². The van der Waals surface area contributed by atoms with Crippen molar-refractivity contribution in [3.8, 4) is 0 Å². The highest BCUT2D eigenvalue weighted by Gasteiger charge is 2.24. The molecule has 0 aliphatic carbocycles. The van der Waals surface area contributed by atoms with Gasteiger partial charge in [-0.3, -0.25) is 14.6 Å². The van der Waals surface area contributed by atoms with E-state index in [1.54, 1.807) is 0 Å². The molecule has 1 atom stereocenters. The summed E-state index contributed by atoms with van der Waals surface area (Å²) in [6.07, 6.45) is 1.66. The van der Waals surface area contributed by atoms with Crippen LogP contribution in [0.15, 0.2) is 24.3 Å². The maximum Gasteiger partial charge on any atom is 0.325 e. The summed E-state index contributed by atoms with van der Waals surface area (Å²) in [6.45, 7) is 2.01. The smallest absolute Gasteiger partial charge is 0.324 e. The van der Waals surface area contributed by atoms with Gasteiger partial charge in [0.05, 0.1) is 6.16 Å². The van der Waals surface area contributed by atoms with Crippen LogP contribution in [-0.4, -0.2) is 39.2 Å². The standard InChI is InChI=1S/C15H24NO5P/c1-12-5-3-6-13(9-12)7-4-8-14(11-22(19,20)21)10-15(17)16(2)18/h3,5-6,9,14,18H,4,7-8,10-11H2,1-2H3,(H2,19,20,21)/t14-/m1/s1. The molecule has 0 heterocycles. The van der Waals surface area contributed by atoms with E-state index in [4.69, 9.17) is 15.0 Å². The van der Waals surface area contributed by atoms with Crippen LogP contribution in [0.2, 0.25) is 0 Å². The van der Waals surface area contributed by atoms with Gasteiger partial charge in [0.15, 0.2) is 0 Å². The molecule has 6 nitrogen and oxygen atoms in total. The zero-order valence-corrected chi connectivity index (χ0v) is 13.9. The van der Waals surface area contributed by atoms with Gasteiger partial charge in [0.1, 0.15) is 0 Å². The molecular weight excluding hydrogens is 305 g/mol. The van der Waals surface area contributed by atoms with Gasteiger partial charge >= 0.3 is 7.60 Å². The fourth-order valence-electron chi connectivity index (χ4n) is 2.44. The highest BCUT2D eigenvalue weighted by molar-refractivity contribution is 7.51. The lowest BCUT2D eigenvalue weighted by atomic mass is 9.97. The highest BCUT2D eigenvalue weighted by Crippen LogP contribution is 2.39. The van der Waals surface area contributed by atoms with Gasteiger partial charge in [0.2, 0.25) is 5.91 Å². The molecule has 7 heteroatoms. The minimum atomic E-state index is -4.18. The predicted octanol–water partition coefficient (Wildman–Crippen LogP) is 2.35. The van der Waals surface area contributed by atoms with E-state index in [2.05, 4.69) is 6.07 Å². The fraction of sp³-hybridized carbons (Fsp3) is 0.533. The van der Waals surface area contributed by atoms with E-state index in [0.29, 0.717) is 11.5 Å². The SMILES string of the molecule is Cc1cccc(CCC[C@H](CC(=O)N(C)O)CP(=O)(O)O)c1. The zero-order valence-electron chi connectivity index (χ0n) is 13.0. The van der Waals surface area contributed by atoms with Crippen molar-refractivity contribution in [2.45, 2.75) is 32.6 Å². The summed E-state index contributed by atoms with van der Waals surface area (Å²) in [5.41, 5.74) is 2.34. The van der Waals surface area contributed by atoms with Crippen LogP contribution < -0.4 is 0 Å². The third-order valence-electron chi connectivity index (χ3n) is 3.48. The molecule has 3 N–H and O–H groups in total. The lowest BCUT2D eigenvalue weighted by Gasteiger charge is -2.18. The molecule has 0 aliphatic rings. The van der Waals surface area contributed by atoms with Crippen LogP contribution in [0, 0.1) is 12.8 Å². The first-order valence-electron chi connectivity index (χ1n) is 7.23. The van der Waals surface area contributed by atoms with E-state index in [0.717, 1.165) is 12.8 Å². The van der Waals surface area contributed by atoms with Gasteiger partial charge in [-0.05, 0) is 37.7 Å². The molecule has 1 amide bonds. The number of nitrogens with zero attached hydrogens (tertiary/aromatic N) is 1. The summed E-state index contributed by atoms with van der Waals surface area (Å²) in [6, 6.07) is 8.07. The monoisotopic (exact) mass is 329 g/mol. The van der Waals surface area contributed by atoms with Crippen molar-refractivity contribution in [3.05, 3.63) is 35.4 Å². The first-order chi connectivity index (χ1) is 10.2. The molecule has 0 bridgehead atoms.